The maximum Gasteiger partial charge on any atom is 0.337 e. The van der Waals surface area contributed by atoms with E-state index < -0.39 is 5.97 Å². The number of amides is 2. The fourth-order valence-corrected chi connectivity index (χ4v) is 3.25. The summed E-state index contributed by atoms with van der Waals surface area (Å²) in [5.74, 6) is 4.95. The smallest absolute Gasteiger partial charge is 0.337 e. The summed E-state index contributed by atoms with van der Waals surface area (Å²) in [7, 11) is 0. The molecule has 160 valence electrons. The summed E-state index contributed by atoms with van der Waals surface area (Å²) in [6, 6.07) is 24.7. The summed E-state index contributed by atoms with van der Waals surface area (Å²) < 4.78 is 0. The third-order valence-electron chi connectivity index (χ3n) is 4.77. The van der Waals surface area contributed by atoms with E-state index in [2.05, 4.69) is 27.5 Å². The van der Waals surface area contributed by atoms with Crippen LogP contribution in [0.5, 0.6) is 0 Å². The first-order valence-corrected chi connectivity index (χ1v) is 10.1. The molecule has 0 saturated carbocycles. The van der Waals surface area contributed by atoms with Crippen LogP contribution in [0, 0.1) is 11.8 Å². The molecule has 3 aromatic carbocycles. The van der Waals surface area contributed by atoms with E-state index in [1.807, 2.05) is 30.3 Å². The number of carbonyl (C=O) groups excluding carboxylic acids is 1. The van der Waals surface area contributed by atoms with Crippen molar-refractivity contribution in [3.63, 3.8) is 0 Å². The monoisotopic (exact) mass is 433 g/mol. The van der Waals surface area contributed by atoms with Gasteiger partial charge in [-0.2, -0.15) is 0 Å². The molecule has 0 aliphatic carbocycles. The number of hydrogen-bond donors (Lipinski definition) is 3. The van der Waals surface area contributed by atoms with Crippen LogP contribution in [-0.4, -0.2) is 22.1 Å². The van der Waals surface area contributed by atoms with Crippen molar-refractivity contribution in [2.45, 2.75) is 0 Å². The molecule has 0 bridgehead atoms. The molecule has 1 aromatic heterocycles. The van der Waals surface area contributed by atoms with Crippen LogP contribution in [0.1, 0.15) is 21.5 Å². The van der Waals surface area contributed by atoms with Crippen LogP contribution in [0.2, 0.25) is 0 Å². The molecule has 0 atom stereocenters. The summed E-state index contributed by atoms with van der Waals surface area (Å²) in [5, 5.41) is 15.2. The molecule has 6 heteroatoms. The average molecular weight is 433 g/mol. The number of benzene rings is 3. The highest BCUT2D eigenvalue weighted by Gasteiger charge is 2.15. The number of aromatic nitrogens is 1. The molecule has 0 aliphatic heterocycles. The summed E-state index contributed by atoms with van der Waals surface area (Å²) >= 11 is 0. The number of urea groups is 1. The van der Waals surface area contributed by atoms with Gasteiger partial charge in [-0.05, 0) is 53.6 Å². The lowest BCUT2D eigenvalue weighted by Crippen LogP contribution is -2.19. The van der Waals surface area contributed by atoms with Crippen molar-refractivity contribution in [1.82, 2.24) is 4.98 Å². The van der Waals surface area contributed by atoms with Gasteiger partial charge in [0.25, 0.3) is 0 Å². The average Bonchev–Trinajstić information content (AvgIpc) is 2.84. The Hall–Kier alpha value is -4.89. The number of rotatable bonds is 4. The van der Waals surface area contributed by atoms with E-state index in [9.17, 15) is 14.7 Å². The van der Waals surface area contributed by atoms with Gasteiger partial charge in [0.15, 0.2) is 0 Å². The van der Waals surface area contributed by atoms with E-state index in [1.54, 1.807) is 67.0 Å². The summed E-state index contributed by atoms with van der Waals surface area (Å²) in [6.45, 7) is 0. The topological polar surface area (TPSA) is 91.3 Å². The molecule has 3 N–H and O–H groups in total. The van der Waals surface area contributed by atoms with Crippen LogP contribution in [0.15, 0.2) is 97.3 Å². The van der Waals surface area contributed by atoms with Crippen molar-refractivity contribution in [2.75, 3.05) is 10.6 Å². The van der Waals surface area contributed by atoms with Crippen molar-refractivity contribution in [3.05, 3.63) is 114 Å². The SMILES string of the molecule is O=C(Nc1ccc(C#Cc2cccc(-c3ccccc3)c2C(=O)O)cc1)Nc1cccnc1. The Bertz CT molecular complexity index is 1340. The normalized spacial score (nSPS) is 9.94. The molecule has 0 radical (unpaired) electrons. The molecule has 0 fully saturated rings. The van der Waals surface area contributed by atoms with Gasteiger partial charge in [-0.25, -0.2) is 9.59 Å². The predicted octanol–water partition coefficient (Wildman–Crippen LogP) is 5.49. The van der Waals surface area contributed by atoms with Gasteiger partial charge in [0.1, 0.15) is 0 Å². The van der Waals surface area contributed by atoms with Gasteiger partial charge in [-0.15, -0.1) is 0 Å². The van der Waals surface area contributed by atoms with Crippen molar-refractivity contribution in [1.29, 1.82) is 0 Å². The van der Waals surface area contributed by atoms with E-state index in [-0.39, 0.29) is 11.6 Å². The summed E-state index contributed by atoms with van der Waals surface area (Å²) in [4.78, 5) is 28.0. The minimum atomic E-state index is -1.03. The third kappa shape index (κ3) is 5.43. The van der Waals surface area contributed by atoms with Crippen molar-refractivity contribution in [3.8, 4) is 23.0 Å². The number of anilines is 2. The lowest BCUT2D eigenvalue weighted by atomic mass is 9.95. The van der Waals surface area contributed by atoms with Gasteiger partial charge in [-0.3, -0.25) is 4.98 Å². The Balaban J connectivity index is 1.52. The zero-order chi connectivity index (χ0) is 23.0. The van der Waals surface area contributed by atoms with Gasteiger partial charge < -0.3 is 15.7 Å². The largest absolute Gasteiger partial charge is 0.478 e. The number of carbonyl (C=O) groups is 2. The lowest BCUT2D eigenvalue weighted by Gasteiger charge is -2.08. The molecule has 1 heterocycles. The second-order valence-electron chi connectivity index (χ2n) is 7.05. The quantitative estimate of drug-likeness (QED) is 0.371. The van der Waals surface area contributed by atoms with Crippen molar-refractivity contribution in [2.24, 2.45) is 0 Å². The first-order chi connectivity index (χ1) is 16.1. The van der Waals surface area contributed by atoms with E-state index in [0.717, 1.165) is 5.56 Å². The Morgan fingerprint density at radius 2 is 1.52 bits per heavy atom. The Morgan fingerprint density at radius 1 is 0.758 bits per heavy atom. The molecule has 0 saturated heterocycles. The Morgan fingerprint density at radius 3 is 2.21 bits per heavy atom. The number of carboxylic acids is 1. The minimum Gasteiger partial charge on any atom is -0.478 e. The summed E-state index contributed by atoms with van der Waals surface area (Å²) in [5.41, 5.74) is 3.91. The highest BCUT2D eigenvalue weighted by Crippen LogP contribution is 2.26. The molecular weight excluding hydrogens is 414 g/mol. The number of nitrogens with zero attached hydrogens (tertiary/aromatic N) is 1. The molecule has 0 spiro atoms. The van der Waals surface area contributed by atoms with Gasteiger partial charge in [0.05, 0.1) is 17.4 Å². The van der Waals surface area contributed by atoms with E-state index in [1.165, 1.54) is 0 Å². The minimum absolute atomic E-state index is 0.168. The standard InChI is InChI=1S/C27H19N3O3/c31-26(32)25-21(8-4-10-24(25)20-6-2-1-3-7-20)14-11-19-12-15-22(16-13-19)29-27(33)30-23-9-5-17-28-18-23/h1-10,12-13,15-18H,(H,31,32)(H2,29,30,33). The number of carboxylic acid groups (broad SMARTS) is 1. The second kappa shape index (κ2) is 9.94. The fourth-order valence-electron chi connectivity index (χ4n) is 3.25. The summed E-state index contributed by atoms with van der Waals surface area (Å²) in [6.07, 6.45) is 3.18. The molecule has 33 heavy (non-hydrogen) atoms. The van der Waals surface area contributed by atoms with Crippen LogP contribution in [0.25, 0.3) is 11.1 Å². The van der Waals surface area contributed by atoms with Crippen LogP contribution in [0.3, 0.4) is 0 Å². The highest BCUT2D eigenvalue weighted by atomic mass is 16.4. The number of hydrogen-bond acceptors (Lipinski definition) is 3. The molecule has 4 aromatic rings. The molecule has 4 rings (SSSR count). The maximum absolute atomic E-state index is 12.1. The van der Waals surface area contributed by atoms with Gasteiger partial charge in [0, 0.05) is 23.0 Å². The molecule has 0 unspecified atom stereocenters. The van der Waals surface area contributed by atoms with E-state index >= 15 is 0 Å². The first kappa shape index (κ1) is 21.3. The Labute approximate surface area is 190 Å². The van der Waals surface area contributed by atoms with Gasteiger partial charge in [0.2, 0.25) is 0 Å². The molecule has 6 nitrogen and oxygen atoms in total. The van der Waals surface area contributed by atoms with Crippen LogP contribution < -0.4 is 10.6 Å². The fraction of sp³-hybridized carbons (Fsp3) is 0. The van der Waals surface area contributed by atoms with Crippen LogP contribution >= 0.6 is 0 Å². The van der Waals surface area contributed by atoms with Gasteiger partial charge >= 0.3 is 12.0 Å². The van der Waals surface area contributed by atoms with Crippen LogP contribution in [-0.2, 0) is 0 Å². The number of nitrogens with one attached hydrogen (secondary N) is 2. The molecule has 2 amide bonds. The maximum atomic E-state index is 12.1. The lowest BCUT2D eigenvalue weighted by molar-refractivity contribution is 0.0697. The van der Waals surface area contributed by atoms with Crippen molar-refractivity contribution >= 4 is 23.4 Å². The second-order valence-corrected chi connectivity index (χ2v) is 7.05. The first-order valence-electron chi connectivity index (χ1n) is 10.1. The molecule has 0 aliphatic rings. The highest BCUT2D eigenvalue weighted by molar-refractivity contribution is 6.00. The van der Waals surface area contributed by atoms with Crippen LogP contribution in [0.4, 0.5) is 16.2 Å². The number of pyridine rings is 1. The van der Waals surface area contributed by atoms with Crippen molar-refractivity contribution < 1.29 is 14.7 Å². The molecular formula is C27H19N3O3. The third-order valence-corrected chi connectivity index (χ3v) is 4.77. The van der Waals surface area contributed by atoms with Gasteiger partial charge in [-0.1, -0.05) is 54.3 Å². The van der Waals surface area contributed by atoms with E-state index in [0.29, 0.717) is 28.1 Å². The number of aromatic carboxylic acids is 1. The predicted molar refractivity (Wildman–Crippen MR) is 128 cm³/mol. The zero-order valence-electron chi connectivity index (χ0n) is 17.4. The van der Waals surface area contributed by atoms with E-state index in [4.69, 9.17) is 0 Å². The Kier molecular flexibility index (Phi) is 6.43. The zero-order valence-corrected chi connectivity index (χ0v) is 17.4.